The average molecular weight is 441 g/mol. The molecular weight excluding hydrogens is 423 g/mol. The Labute approximate surface area is 180 Å². The number of hydrogen-bond acceptors (Lipinski definition) is 5. The van der Waals surface area contributed by atoms with Crippen LogP contribution in [-0.2, 0) is 20.6 Å². The van der Waals surface area contributed by atoms with Crippen LogP contribution in [-0.4, -0.2) is 24.9 Å². The topological polar surface area (TPSA) is 86.2 Å². The molecule has 0 aliphatic heterocycles. The van der Waals surface area contributed by atoms with E-state index in [9.17, 15) is 14.0 Å². The van der Waals surface area contributed by atoms with E-state index in [1.54, 1.807) is 48.7 Å². The van der Waals surface area contributed by atoms with Gasteiger partial charge >= 0.3 is 5.69 Å². The van der Waals surface area contributed by atoms with Crippen molar-refractivity contribution in [2.75, 3.05) is 5.43 Å². The number of aryl methyl sites for hydroxylation is 1. The number of benzene rings is 2. The summed E-state index contributed by atoms with van der Waals surface area (Å²) in [4.78, 5) is 29.6. The second-order valence-electron chi connectivity index (χ2n) is 6.91. The van der Waals surface area contributed by atoms with Gasteiger partial charge in [0.25, 0.3) is 5.56 Å². The Morgan fingerprint density at radius 2 is 1.81 bits per heavy atom. The third-order valence-electron chi connectivity index (χ3n) is 4.88. The number of aromatic nitrogens is 4. The highest BCUT2D eigenvalue weighted by Crippen LogP contribution is 2.19. The van der Waals surface area contributed by atoms with E-state index in [4.69, 9.17) is 11.6 Å². The lowest BCUT2D eigenvalue weighted by atomic mass is 10.2. The summed E-state index contributed by atoms with van der Waals surface area (Å²) in [6.07, 6.45) is 1.56. The molecule has 0 amide bonds. The minimum Gasteiger partial charge on any atom is -0.298 e. The lowest BCUT2D eigenvalue weighted by Crippen LogP contribution is -2.37. The number of fused-ring (bicyclic) bond motifs is 1. The molecule has 158 valence electrons. The van der Waals surface area contributed by atoms with Crippen LogP contribution in [0.1, 0.15) is 11.1 Å². The van der Waals surface area contributed by atoms with E-state index in [0.29, 0.717) is 10.6 Å². The standard InChI is InChI=1S/C21H18ClFN6O2/c1-27-18-17(19(30)28(2)21(27)31)29(12-14-5-3-4-6-16(14)23)20(25-18)26-24-11-13-7-9-15(22)10-8-13/h3-11H,12H2,1-2H3,(H,25,26)/b24-11-. The second-order valence-corrected chi connectivity index (χ2v) is 7.35. The number of anilines is 1. The average Bonchev–Trinajstić information content (AvgIpc) is 3.12. The molecule has 0 saturated heterocycles. The van der Waals surface area contributed by atoms with Crippen molar-refractivity contribution in [1.29, 1.82) is 0 Å². The third kappa shape index (κ3) is 3.87. The van der Waals surface area contributed by atoms with E-state index in [0.717, 1.165) is 10.1 Å². The van der Waals surface area contributed by atoms with Crippen molar-refractivity contribution in [1.82, 2.24) is 18.7 Å². The molecule has 2 heterocycles. The summed E-state index contributed by atoms with van der Waals surface area (Å²) in [5.74, 6) is -0.219. The summed E-state index contributed by atoms with van der Waals surface area (Å²) in [5.41, 5.74) is 3.25. The summed E-state index contributed by atoms with van der Waals surface area (Å²) < 4.78 is 18.1. The minimum atomic E-state index is -0.531. The molecule has 0 aliphatic carbocycles. The fourth-order valence-corrected chi connectivity index (χ4v) is 3.32. The Morgan fingerprint density at radius 1 is 1.10 bits per heavy atom. The van der Waals surface area contributed by atoms with Gasteiger partial charge in [-0.05, 0) is 23.8 Å². The Morgan fingerprint density at radius 3 is 2.52 bits per heavy atom. The summed E-state index contributed by atoms with van der Waals surface area (Å²) in [5, 5.41) is 4.78. The molecule has 0 atom stereocenters. The first-order valence-corrected chi connectivity index (χ1v) is 9.69. The van der Waals surface area contributed by atoms with Gasteiger partial charge in [-0.3, -0.25) is 18.5 Å². The normalized spacial score (nSPS) is 11.5. The summed E-state index contributed by atoms with van der Waals surface area (Å²) in [6.45, 7) is 0.0232. The van der Waals surface area contributed by atoms with Crippen LogP contribution in [0.25, 0.3) is 11.2 Å². The lowest BCUT2D eigenvalue weighted by Gasteiger charge is -2.10. The van der Waals surface area contributed by atoms with Crippen LogP contribution >= 0.6 is 11.6 Å². The predicted octanol–water partition coefficient (Wildman–Crippen LogP) is 2.72. The van der Waals surface area contributed by atoms with E-state index in [1.807, 2.05) is 0 Å². The Bertz CT molecular complexity index is 1420. The molecule has 10 heteroatoms. The lowest BCUT2D eigenvalue weighted by molar-refractivity contribution is 0.601. The monoisotopic (exact) mass is 440 g/mol. The molecule has 0 aliphatic rings. The molecule has 0 bridgehead atoms. The molecule has 2 aromatic carbocycles. The molecule has 8 nitrogen and oxygen atoms in total. The quantitative estimate of drug-likeness (QED) is 0.382. The zero-order valence-corrected chi connectivity index (χ0v) is 17.5. The maximum atomic E-state index is 14.3. The highest BCUT2D eigenvalue weighted by atomic mass is 35.5. The Hall–Kier alpha value is -3.72. The van der Waals surface area contributed by atoms with Gasteiger partial charge in [-0.2, -0.15) is 10.1 Å². The van der Waals surface area contributed by atoms with Crippen molar-refractivity contribution < 1.29 is 4.39 Å². The Balaban J connectivity index is 1.83. The number of rotatable bonds is 5. The molecule has 4 aromatic rings. The largest absolute Gasteiger partial charge is 0.332 e. The molecule has 0 radical (unpaired) electrons. The van der Waals surface area contributed by atoms with Crippen LogP contribution in [0.15, 0.2) is 63.2 Å². The maximum absolute atomic E-state index is 14.3. The summed E-state index contributed by atoms with van der Waals surface area (Å²) >= 11 is 5.89. The van der Waals surface area contributed by atoms with Gasteiger partial charge in [-0.25, -0.2) is 14.6 Å². The van der Waals surface area contributed by atoms with E-state index >= 15 is 0 Å². The molecule has 1 N–H and O–H groups in total. The third-order valence-corrected chi connectivity index (χ3v) is 5.13. The van der Waals surface area contributed by atoms with Crippen LogP contribution in [0.5, 0.6) is 0 Å². The first kappa shape index (κ1) is 20.5. The van der Waals surface area contributed by atoms with Crippen molar-refractivity contribution in [3.63, 3.8) is 0 Å². The highest BCUT2D eigenvalue weighted by Gasteiger charge is 2.20. The molecule has 0 fully saturated rings. The van der Waals surface area contributed by atoms with Gasteiger partial charge in [0.2, 0.25) is 5.95 Å². The van der Waals surface area contributed by atoms with E-state index in [2.05, 4.69) is 15.5 Å². The van der Waals surface area contributed by atoms with Crippen LogP contribution in [0.4, 0.5) is 10.3 Å². The smallest absolute Gasteiger partial charge is 0.298 e. The summed E-state index contributed by atoms with van der Waals surface area (Å²) in [6, 6.07) is 13.3. The highest BCUT2D eigenvalue weighted by molar-refractivity contribution is 6.30. The number of halogens is 2. The molecular formula is C21H18ClFN6O2. The molecule has 31 heavy (non-hydrogen) atoms. The number of hydrazone groups is 1. The summed E-state index contributed by atoms with van der Waals surface area (Å²) in [7, 11) is 2.90. The van der Waals surface area contributed by atoms with Gasteiger partial charge < -0.3 is 0 Å². The zero-order chi connectivity index (χ0) is 22.1. The fourth-order valence-electron chi connectivity index (χ4n) is 3.20. The number of imidazole rings is 1. The second kappa shape index (κ2) is 8.19. The molecule has 0 saturated carbocycles. The SMILES string of the molecule is Cn1c(=O)c2c(nc(N/N=C\c3ccc(Cl)cc3)n2Cc2ccccc2F)n(C)c1=O. The van der Waals surface area contributed by atoms with Crippen molar-refractivity contribution >= 4 is 34.9 Å². The number of nitrogens with zero attached hydrogens (tertiary/aromatic N) is 5. The predicted molar refractivity (Wildman–Crippen MR) is 118 cm³/mol. The maximum Gasteiger partial charge on any atom is 0.332 e. The first-order valence-electron chi connectivity index (χ1n) is 9.31. The van der Waals surface area contributed by atoms with E-state index < -0.39 is 17.1 Å². The van der Waals surface area contributed by atoms with Crippen LogP contribution in [0, 0.1) is 5.82 Å². The fraction of sp³-hybridized carbons (Fsp3) is 0.143. The number of nitrogens with one attached hydrogen (secondary N) is 1. The van der Waals surface area contributed by atoms with Gasteiger partial charge in [0, 0.05) is 24.7 Å². The minimum absolute atomic E-state index is 0.0232. The van der Waals surface area contributed by atoms with E-state index in [-0.39, 0.29) is 23.7 Å². The van der Waals surface area contributed by atoms with Crippen LogP contribution < -0.4 is 16.7 Å². The van der Waals surface area contributed by atoms with E-state index in [1.165, 1.54) is 29.3 Å². The Kier molecular flexibility index (Phi) is 5.43. The van der Waals surface area contributed by atoms with Crippen LogP contribution in [0.3, 0.4) is 0 Å². The van der Waals surface area contributed by atoms with Crippen molar-refractivity contribution in [2.24, 2.45) is 19.2 Å². The van der Waals surface area contributed by atoms with Gasteiger partial charge in [0.05, 0.1) is 12.8 Å². The molecule has 0 unspecified atom stereocenters. The van der Waals surface area contributed by atoms with Crippen LogP contribution in [0.2, 0.25) is 5.02 Å². The van der Waals surface area contributed by atoms with Gasteiger partial charge in [-0.15, -0.1) is 0 Å². The zero-order valence-electron chi connectivity index (χ0n) is 16.7. The van der Waals surface area contributed by atoms with Gasteiger partial charge in [0.15, 0.2) is 11.2 Å². The molecule has 2 aromatic heterocycles. The first-order chi connectivity index (χ1) is 14.9. The van der Waals surface area contributed by atoms with Crippen molar-refractivity contribution in [3.8, 4) is 0 Å². The van der Waals surface area contributed by atoms with Crippen molar-refractivity contribution in [2.45, 2.75) is 6.54 Å². The van der Waals surface area contributed by atoms with Gasteiger partial charge in [-0.1, -0.05) is 41.9 Å². The molecule has 4 rings (SSSR count). The van der Waals surface area contributed by atoms with Crippen molar-refractivity contribution in [3.05, 3.63) is 91.3 Å². The number of hydrogen-bond donors (Lipinski definition) is 1. The van der Waals surface area contributed by atoms with Gasteiger partial charge in [0.1, 0.15) is 5.82 Å². The molecule has 0 spiro atoms.